The third-order valence-corrected chi connectivity index (χ3v) is 8.49. The molecule has 0 fully saturated rings. The highest BCUT2D eigenvalue weighted by molar-refractivity contribution is 9.10. The van der Waals surface area contributed by atoms with Gasteiger partial charge in [-0.1, -0.05) is 83.9 Å². The number of nitrogens with one attached hydrogen (secondary N) is 1. The van der Waals surface area contributed by atoms with Crippen LogP contribution in [0.2, 0.25) is 0 Å². The van der Waals surface area contributed by atoms with Crippen LogP contribution < -0.4 is 9.62 Å². The lowest BCUT2D eigenvalue weighted by Gasteiger charge is -2.34. The molecular weight excluding hydrogens is 590 g/mol. The van der Waals surface area contributed by atoms with Gasteiger partial charge in [0.25, 0.3) is 0 Å². The number of halogens is 1. The summed E-state index contributed by atoms with van der Waals surface area (Å²) in [7, 11) is -3.81. The molecule has 3 rings (SSSR count). The van der Waals surface area contributed by atoms with E-state index < -0.39 is 28.5 Å². The molecular formula is C31H38BrN3O4S. The molecule has 0 aliphatic heterocycles. The molecule has 0 aliphatic rings. The minimum atomic E-state index is -3.81. The molecule has 1 N–H and O–H groups in total. The second-order valence-corrected chi connectivity index (χ2v) is 12.8. The summed E-state index contributed by atoms with van der Waals surface area (Å²) in [5.74, 6) is -0.726. The molecule has 0 saturated carbocycles. The van der Waals surface area contributed by atoms with Crippen molar-refractivity contribution in [2.24, 2.45) is 0 Å². The normalized spacial score (nSPS) is 12.0. The lowest BCUT2D eigenvalue weighted by Crippen LogP contribution is -2.53. The number of anilines is 1. The first-order valence-electron chi connectivity index (χ1n) is 13.4. The minimum absolute atomic E-state index is 0.140. The van der Waals surface area contributed by atoms with Gasteiger partial charge < -0.3 is 10.2 Å². The Hall–Kier alpha value is -3.17. The van der Waals surface area contributed by atoms with Crippen LogP contribution in [0.25, 0.3) is 0 Å². The molecule has 9 heteroatoms. The van der Waals surface area contributed by atoms with Gasteiger partial charge in [-0.2, -0.15) is 0 Å². The Balaban J connectivity index is 2.06. The van der Waals surface area contributed by atoms with Crippen LogP contribution in [-0.2, 0) is 32.6 Å². The Morgan fingerprint density at radius 1 is 0.950 bits per heavy atom. The third kappa shape index (κ3) is 8.66. The number of aryl methyl sites for hydroxylation is 1. The van der Waals surface area contributed by atoms with Crippen LogP contribution in [0.3, 0.4) is 0 Å². The summed E-state index contributed by atoms with van der Waals surface area (Å²) in [4.78, 5) is 29.3. The highest BCUT2D eigenvalue weighted by atomic mass is 79.9. The number of benzene rings is 3. The van der Waals surface area contributed by atoms with Gasteiger partial charge in [-0.25, -0.2) is 8.42 Å². The van der Waals surface area contributed by atoms with E-state index in [2.05, 4.69) is 21.2 Å². The van der Waals surface area contributed by atoms with Crippen LogP contribution in [0.15, 0.2) is 77.3 Å². The molecule has 0 aliphatic carbocycles. The van der Waals surface area contributed by atoms with E-state index in [-0.39, 0.29) is 12.5 Å². The van der Waals surface area contributed by atoms with Crippen LogP contribution in [0.1, 0.15) is 42.0 Å². The molecule has 0 radical (unpaired) electrons. The van der Waals surface area contributed by atoms with Gasteiger partial charge in [-0.15, -0.1) is 0 Å². The predicted molar refractivity (Wildman–Crippen MR) is 165 cm³/mol. The highest BCUT2D eigenvalue weighted by Gasteiger charge is 2.33. The number of hydrogen-bond donors (Lipinski definition) is 1. The van der Waals surface area contributed by atoms with Gasteiger partial charge in [-0.05, 0) is 60.7 Å². The fraction of sp³-hybridized carbons (Fsp3) is 0.355. The lowest BCUT2D eigenvalue weighted by molar-refractivity contribution is -0.140. The van der Waals surface area contributed by atoms with Gasteiger partial charge in [0, 0.05) is 24.0 Å². The Kier molecular flexibility index (Phi) is 11.3. The maximum Gasteiger partial charge on any atom is 0.244 e. The van der Waals surface area contributed by atoms with Gasteiger partial charge in [-0.3, -0.25) is 13.9 Å². The number of amides is 2. The molecule has 40 heavy (non-hydrogen) atoms. The predicted octanol–water partition coefficient (Wildman–Crippen LogP) is 5.39. The second-order valence-electron chi connectivity index (χ2n) is 9.99. The third-order valence-electron chi connectivity index (χ3n) is 6.87. The average molecular weight is 629 g/mol. The lowest BCUT2D eigenvalue weighted by atomic mass is 10.0. The number of nitrogens with zero attached hydrogens (tertiary/aromatic N) is 2. The molecule has 0 unspecified atom stereocenters. The van der Waals surface area contributed by atoms with Gasteiger partial charge in [0.2, 0.25) is 21.8 Å². The van der Waals surface area contributed by atoms with Crippen LogP contribution in [0.5, 0.6) is 0 Å². The molecule has 0 aromatic heterocycles. The molecule has 3 aromatic rings. The van der Waals surface area contributed by atoms with E-state index >= 15 is 0 Å². The number of unbranched alkanes of at least 4 members (excludes halogenated alkanes) is 1. The number of carbonyl (C=O) groups excluding carboxylic acids is 2. The molecule has 0 heterocycles. The summed E-state index contributed by atoms with van der Waals surface area (Å²) in [6, 6.07) is 21.6. The molecule has 0 spiro atoms. The maximum atomic E-state index is 14.2. The molecule has 2 amide bonds. The molecule has 0 bridgehead atoms. The van der Waals surface area contributed by atoms with E-state index in [0.717, 1.165) is 50.1 Å². The van der Waals surface area contributed by atoms with Crippen molar-refractivity contribution in [1.82, 2.24) is 10.2 Å². The standard InChI is InChI=1S/C31H38BrN3O4S/c1-5-6-18-33-31(37)29(20-25-13-8-7-9-14-25)34(21-26-15-11-16-27(32)19-26)30(36)22-35(40(4,38)39)28-17-10-12-23(2)24(28)3/h7-17,19,29H,5-6,18,20-22H2,1-4H3,(H,33,37)/t29-/m0/s1. The zero-order valence-corrected chi connectivity index (χ0v) is 26.0. The van der Waals surface area contributed by atoms with Crippen molar-refractivity contribution in [3.63, 3.8) is 0 Å². The maximum absolute atomic E-state index is 14.2. The van der Waals surface area contributed by atoms with Gasteiger partial charge in [0.15, 0.2) is 0 Å². The summed E-state index contributed by atoms with van der Waals surface area (Å²) in [6.45, 7) is 6.00. The second kappa shape index (κ2) is 14.5. The fourth-order valence-electron chi connectivity index (χ4n) is 4.49. The summed E-state index contributed by atoms with van der Waals surface area (Å²) in [5.41, 5.74) is 3.86. The number of carbonyl (C=O) groups is 2. The first-order valence-corrected chi connectivity index (χ1v) is 16.0. The van der Waals surface area contributed by atoms with Crippen LogP contribution >= 0.6 is 15.9 Å². The van der Waals surface area contributed by atoms with E-state index in [1.165, 1.54) is 4.90 Å². The van der Waals surface area contributed by atoms with E-state index in [1.807, 2.05) is 81.4 Å². The summed E-state index contributed by atoms with van der Waals surface area (Å²) < 4.78 is 28.0. The number of rotatable bonds is 13. The smallest absolute Gasteiger partial charge is 0.244 e. The van der Waals surface area contributed by atoms with Crippen LogP contribution in [0, 0.1) is 13.8 Å². The van der Waals surface area contributed by atoms with E-state index in [9.17, 15) is 18.0 Å². The summed E-state index contributed by atoms with van der Waals surface area (Å²) >= 11 is 3.49. The van der Waals surface area contributed by atoms with Crippen molar-refractivity contribution in [2.45, 2.75) is 52.6 Å². The van der Waals surface area contributed by atoms with Crippen LogP contribution in [-0.4, -0.2) is 50.5 Å². The molecule has 7 nitrogen and oxygen atoms in total. The topological polar surface area (TPSA) is 86.8 Å². The SMILES string of the molecule is CCCCNC(=O)[C@H](Cc1ccccc1)N(Cc1cccc(Br)c1)C(=O)CN(c1cccc(C)c1C)S(C)(=O)=O. The molecule has 1 atom stereocenters. The first-order chi connectivity index (χ1) is 19.0. The highest BCUT2D eigenvalue weighted by Crippen LogP contribution is 2.26. The van der Waals surface area contributed by atoms with Crippen molar-refractivity contribution < 1.29 is 18.0 Å². The quantitative estimate of drug-likeness (QED) is 0.258. The number of hydrogen-bond acceptors (Lipinski definition) is 4. The Bertz CT molecular complexity index is 1410. The Labute approximate surface area is 246 Å². The summed E-state index contributed by atoms with van der Waals surface area (Å²) in [5, 5.41) is 2.99. The monoisotopic (exact) mass is 627 g/mol. The van der Waals surface area contributed by atoms with Crippen molar-refractivity contribution in [2.75, 3.05) is 23.7 Å². The van der Waals surface area contributed by atoms with Gasteiger partial charge in [0.05, 0.1) is 11.9 Å². The largest absolute Gasteiger partial charge is 0.354 e. The van der Waals surface area contributed by atoms with E-state index in [1.54, 1.807) is 12.1 Å². The zero-order chi connectivity index (χ0) is 29.3. The minimum Gasteiger partial charge on any atom is -0.354 e. The van der Waals surface area contributed by atoms with Crippen molar-refractivity contribution in [1.29, 1.82) is 0 Å². The van der Waals surface area contributed by atoms with E-state index in [0.29, 0.717) is 18.7 Å². The van der Waals surface area contributed by atoms with Crippen molar-refractivity contribution >= 4 is 43.5 Å². The molecule has 3 aromatic carbocycles. The van der Waals surface area contributed by atoms with Gasteiger partial charge in [0.1, 0.15) is 12.6 Å². The van der Waals surface area contributed by atoms with E-state index in [4.69, 9.17) is 0 Å². The Morgan fingerprint density at radius 2 is 1.62 bits per heavy atom. The van der Waals surface area contributed by atoms with Crippen LogP contribution in [0.4, 0.5) is 5.69 Å². The molecule has 214 valence electrons. The number of sulfonamides is 1. The summed E-state index contributed by atoms with van der Waals surface area (Å²) in [6.07, 6.45) is 3.13. The average Bonchev–Trinajstić information content (AvgIpc) is 2.91. The van der Waals surface area contributed by atoms with Gasteiger partial charge >= 0.3 is 0 Å². The zero-order valence-electron chi connectivity index (χ0n) is 23.6. The van der Waals surface area contributed by atoms with Crippen molar-refractivity contribution in [3.8, 4) is 0 Å². The van der Waals surface area contributed by atoms with Crippen molar-refractivity contribution in [3.05, 3.63) is 99.5 Å². The fourth-order valence-corrected chi connectivity index (χ4v) is 5.84. The molecule has 0 saturated heterocycles. The first kappa shape index (κ1) is 31.4. The Morgan fingerprint density at radius 3 is 2.27 bits per heavy atom.